The van der Waals surface area contributed by atoms with Gasteiger partial charge in [-0.1, -0.05) is 18.2 Å². The van der Waals surface area contributed by atoms with E-state index < -0.39 is 0 Å². The van der Waals surface area contributed by atoms with E-state index >= 15 is 0 Å². The van der Waals surface area contributed by atoms with E-state index in [9.17, 15) is 4.79 Å². The molecule has 1 aliphatic carbocycles. The first kappa shape index (κ1) is 13.7. The number of rotatable bonds is 3. The van der Waals surface area contributed by atoms with Gasteiger partial charge in [-0.2, -0.15) is 0 Å². The van der Waals surface area contributed by atoms with Gasteiger partial charge in [-0.15, -0.1) is 0 Å². The lowest BCUT2D eigenvalue weighted by atomic mass is 10.1. The number of carbonyl (C=O) groups excluding carboxylic acids is 1. The van der Waals surface area contributed by atoms with Gasteiger partial charge in [0.15, 0.2) is 0 Å². The molecule has 1 aliphatic rings. The van der Waals surface area contributed by atoms with Gasteiger partial charge < -0.3 is 10.6 Å². The summed E-state index contributed by atoms with van der Waals surface area (Å²) in [7, 11) is 1.83. The van der Waals surface area contributed by atoms with Crippen LogP contribution in [-0.4, -0.2) is 17.9 Å². The molecule has 0 radical (unpaired) electrons. The highest BCUT2D eigenvalue weighted by Crippen LogP contribution is 2.23. The van der Waals surface area contributed by atoms with Gasteiger partial charge in [0.05, 0.1) is 0 Å². The van der Waals surface area contributed by atoms with Gasteiger partial charge in [-0.25, -0.2) is 0 Å². The lowest BCUT2D eigenvalue weighted by Crippen LogP contribution is -2.26. The molecule has 0 aromatic heterocycles. The normalized spacial score (nSPS) is 13.0. The fourth-order valence-corrected chi connectivity index (χ4v) is 2.96. The second-order valence-electron chi connectivity index (χ2n) is 5.74. The molecule has 21 heavy (non-hydrogen) atoms. The number of benzene rings is 2. The Morgan fingerprint density at radius 1 is 1.14 bits per heavy atom. The lowest BCUT2D eigenvalue weighted by molar-refractivity contribution is 0.0785. The number of anilines is 1. The van der Waals surface area contributed by atoms with Gasteiger partial charge in [0.25, 0.3) is 5.91 Å². The molecule has 3 heteroatoms. The van der Waals surface area contributed by atoms with E-state index in [2.05, 4.69) is 12.1 Å². The summed E-state index contributed by atoms with van der Waals surface area (Å²) >= 11 is 0. The van der Waals surface area contributed by atoms with Crippen molar-refractivity contribution in [2.45, 2.75) is 25.8 Å². The third-order valence-electron chi connectivity index (χ3n) is 4.06. The number of carbonyl (C=O) groups is 1. The number of aryl methyl sites for hydroxylation is 2. The molecule has 0 fully saturated rings. The smallest absolute Gasteiger partial charge is 0.253 e. The Balaban J connectivity index is 1.75. The summed E-state index contributed by atoms with van der Waals surface area (Å²) in [6.45, 7) is 0.570. The van der Waals surface area contributed by atoms with E-state index in [1.165, 1.54) is 17.5 Å². The van der Waals surface area contributed by atoms with Crippen molar-refractivity contribution in [2.75, 3.05) is 12.8 Å². The van der Waals surface area contributed by atoms with E-state index in [1.807, 2.05) is 37.4 Å². The zero-order chi connectivity index (χ0) is 14.8. The second-order valence-corrected chi connectivity index (χ2v) is 5.74. The van der Waals surface area contributed by atoms with Crippen LogP contribution in [0.3, 0.4) is 0 Å². The Hall–Kier alpha value is -2.29. The summed E-state index contributed by atoms with van der Waals surface area (Å²) < 4.78 is 0. The summed E-state index contributed by atoms with van der Waals surface area (Å²) in [6.07, 6.45) is 3.43. The number of nitrogens with zero attached hydrogens (tertiary/aromatic N) is 1. The van der Waals surface area contributed by atoms with Gasteiger partial charge in [0.2, 0.25) is 0 Å². The monoisotopic (exact) mass is 280 g/mol. The molecule has 108 valence electrons. The average Bonchev–Trinajstić information content (AvgIpc) is 2.93. The number of hydrogen-bond acceptors (Lipinski definition) is 2. The third-order valence-corrected chi connectivity index (χ3v) is 4.06. The van der Waals surface area contributed by atoms with Crippen molar-refractivity contribution in [3.8, 4) is 0 Å². The van der Waals surface area contributed by atoms with E-state index in [4.69, 9.17) is 5.73 Å². The van der Waals surface area contributed by atoms with Gasteiger partial charge in [-0.3, -0.25) is 4.79 Å². The Morgan fingerprint density at radius 2 is 1.95 bits per heavy atom. The minimum Gasteiger partial charge on any atom is -0.399 e. The molecule has 0 unspecified atom stereocenters. The van der Waals surface area contributed by atoms with Crippen LogP contribution in [-0.2, 0) is 19.4 Å². The molecule has 0 atom stereocenters. The highest BCUT2D eigenvalue weighted by molar-refractivity contribution is 5.94. The van der Waals surface area contributed by atoms with Crippen molar-refractivity contribution < 1.29 is 4.79 Å². The number of nitrogen functional groups attached to an aromatic ring is 1. The van der Waals surface area contributed by atoms with E-state index in [-0.39, 0.29) is 5.91 Å². The second kappa shape index (κ2) is 5.60. The predicted molar refractivity (Wildman–Crippen MR) is 85.1 cm³/mol. The fourth-order valence-electron chi connectivity index (χ4n) is 2.96. The standard InChI is InChI=1S/C18H20N2O/c1-20(12-13-4-2-7-17(19)10-13)18(21)16-9-8-14-5-3-6-15(14)11-16/h2,4,7-11H,3,5-6,12,19H2,1H3. The molecule has 2 N–H and O–H groups in total. The van der Waals surface area contributed by atoms with Crippen molar-refractivity contribution in [1.29, 1.82) is 0 Å². The molecule has 0 saturated heterocycles. The Labute approximate surface area is 125 Å². The van der Waals surface area contributed by atoms with Crippen LogP contribution in [0, 0.1) is 0 Å². The third kappa shape index (κ3) is 2.92. The summed E-state index contributed by atoms with van der Waals surface area (Å²) in [6, 6.07) is 13.8. The molecule has 0 heterocycles. The maximum Gasteiger partial charge on any atom is 0.253 e. The summed E-state index contributed by atoms with van der Waals surface area (Å²) in [5, 5.41) is 0. The zero-order valence-corrected chi connectivity index (χ0v) is 12.3. The molecule has 0 saturated carbocycles. The average molecular weight is 280 g/mol. The minimum absolute atomic E-state index is 0.0622. The quantitative estimate of drug-likeness (QED) is 0.878. The molecule has 2 aromatic rings. The zero-order valence-electron chi connectivity index (χ0n) is 12.3. The van der Waals surface area contributed by atoms with Gasteiger partial charge in [0, 0.05) is 24.8 Å². The first-order valence-electron chi connectivity index (χ1n) is 7.35. The Kier molecular flexibility index (Phi) is 3.65. The number of amides is 1. The molecule has 0 aliphatic heterocycles. The number of fused-ring (bicyclic) bond motifs is 1. The Bertz CT molecular complexity index is 679. The van der Waals surface area contributed by atoms with Gasteiger partial charge >= 0.3 is 0 Å². The first-order valence-corrected chi connectivity index (χ1v) is 7.35. The van der Waals surface area contributed by atoms with Gasteiger partial charge in [-0.05, 0) is 60.2 Å². The summed E-state index contributed by atoms with van der Waals surface area (Å²) in [5.74, 6) is 0.0622. The first-order chi connectivity index (χ1) is 10.1. The van der Waals surface area contributed by atoms with Crippen molar-refractivity contribution in [3.05, 3.63) is 64.7 Å². The highest BCUT2D eigenvalue weighted by Gasteiger charge is 2.16. The summed E-state index contributed by atoms with van der Waals surface area (Å²) in [5.41, 5.74) is 11.1. The SMILES string of the molecule is CN(Cc1cccc(N)c1)C(=O)c1ccc2c(c1)CCC2. The minimum atomic E-state index is 0.0622. The van der Waals surface area contributed by atoms with Crippen LogP contribution in [0.1, 0.15) is 33.5 Å². The van der Waals surface area contributed by atoms with E-state index in [0.29, 0.717) is 6.54 Å². The highest BCUT2D eigenvalue weighted by atomic mass is 16.2. The topological polar surface area (TPSA) is 46.3 Å². The van der Waals surface area contributed by atoms with Crippen LogP contribution in [0.2, 0.25) is 0 Å². The molecule has 0 bridgehead atoms. The van der Waals surface area contributed by atoms with Crippen molar-refractivity contribution >= 4 is 11.6 Å². The molecule has 3 rings (SSSR count). The van der Waals surface area contributed by atoms with Gasteiger partial charge in [0.1, 0.15) is 0 Å². The maximum absolute atomic E-state index is 12.5. The molecule has 1 amide bonds. The Morgan fingerprint density at radius 3 is 2.76 bits per heavy atom. The van der Waals surface area contributed by atoms with Crippen molar-refractivity contribution in [3.63, 3.8) is 0 Å². The van der Waals surface area contributed by atoms with Crippen LogP contribution in [0.15, 0.2) is 42.5 Å². The molecule has 3 nitrogen and oxygen atoms in total. The number of nitrogens with two attached hydrogens (primary N) is 1. The van der Waals surface area contributed by atoms with E-state index in [0.717, 1.165) is 29.7 Å². The molecular formula is C18H20N2O. The van der Waals surface area contributed by atoms with Crippen LogP contribution >= 0.6 is 0 Å². The number of hydrogen-bond donors (Lipinski definition) is 1. The van der Waals surface area contributed by atoms with Crippen LogP contribution in [0.4, 0.5) is 5.69 Å². The van der Waals surface area contributed by atoms with Crippen LogP contribution in [0.25, 0.3) is 0 Å². The molecular weight excluding hydrogens is 260 g/mol. The molecule has 0 spiro atoms. The lowest BCUT2D eigenvalue weighted by Gasteiger charge is -2.18. The van der Waals surface area contributed by atoms with Crippen molar-refractivity contribution in [2.24, 2.45) is 0 Å². The van der Waals surface area contributed by atoms with Crippen molar-refractivity contribution in [1.82, 2.24) is 4.90 Å². The van der Waals surface area contributed by atoms with Crippen LogP contribution in [0.5, 0.6) is 0 Å². The van der Waals surface area contributed by atoms with E-state index in [1.54, 1.807) is 4.90 Å². The molecule has 2 aromatic carbocycles. The summed E-state index contributed by atoms with van der Waals surface area (Å²) in [4.78, 5) is 14.3. The van der Waals surface area contributed by atoms with Crippen LogP contribution < -0.4 is 5.73 Å². The maximum atomic E-state index is 12.5. The largest absolute Gasteiger partial charge is 0.399 e. The fraction of sp³-hybridized carbons (Fsp3) is 0.278. The predicted octanol–water partition coefficient (Wildman–Crippen LogP) is 3.03.